The van der Waals surface area contributed by atoms with E-state index >= 15 is 0 Å². The van der Waals surface area contributed by atoms with Gasteiger partial charge < -0.3 is 11.1 Å². The summed E-state index contributed by atoms with van der Waals surface area (Å²) in [6.07, 6.45) is 1.21. The van der Waals surface area contributed by atoms with Gasteiger partial charge >= 0.3 is 0 Å². The van der Waals surface area contributed by atoms with E-state index in [0.29, 0.717) is 16.4 Å². The number of nitrogens with one attached hydrogen (secondary N) is 1. The second-order valence-corrected chi connectivity index (χ2v) is 7.65. The molecule has 0 radical (unpaired) electrons. The van der Waals surface area contributed by atoms with Gasteiger partial charge in [0, 0.05) is 12.8 Å². The minimum absolute atomic E-state index is 0.250. The molecule has 4 nitrogen and oxygen atoms in total. The van der Waals surface area contributed by atoms with E-state index in [2.05, 4.69) is 5.32 Å². The van der Waals surface area contributed by atoms with Crippen molar-refractivity contribution in [2.45, 2.75) is 18.6 Å². The maximum absolute atomic E-state index is 11.5. The van der Waals surface area contributed by atoms with Crippen LogP contribution in [0.1, 0.15) is 13.8 Å². The zero-order chi connectivity index (χ0) is 13.3. The highest BCUT2D eigenvalue weighted by molar-refractivity contribution is 7.92. The van der Waals surface area contributed by atoms with E-state index in [-0.39, 0.29) is 6.54 Å². The zero-order valence-corrected chi connectivity index (χ0v) is 11.7. The summed E-state index contributed by atoms with van der Waals surface area (Å²) < 4.78 is 22.2. The molecule has 0 aliphatic carbocycles. The topological polar surface area (TPSA) is 72.2 Å². The number of nitrogens with two attached hydrogens (primary N) is 1. The molecule has 96 valence electrons. The number of sulfone groups is 1. The van der Waals surface area contributed by atoms with Crippen molar-refractivity contribution < 1.29 is 8.42 Å². The van der Waals surface area contributed by atoms with E-state index in [0.717, 1.165) is 0 Å². The Kier molecular flexibility index (Phi) is 3.94. The predicted molar refractivity (Wildman–Crippen MR) is 73.3 cm³/mol. The third kappa shape index (κ3) is 3.26. The lowest BCUT2D eigenvalue weighted by Crippen LogP contribution is -2.38. The van der Waals surface area contributed by atoms with Gasteiger partial charge in [-0.15, -0.1) is 0 Å². The van der Waals surface area contributed by atoms with Crippen LogP contribution in [0.15, 0.2) is 18.2 Å². The fraction of sp³-hybridized carbons (Fsp3) is 0.455. The lowest BCUT2D eigenvalue weighted by molar-refractivity contribution is 0.560. The van der Waals surface area contributed by atoms with Gasteiger partial charge in [0.1, 0.15) is 0 Å². The molecular weight excluding hydrogens is 260 g/mol. The normalized spacial score (nSPS) is 12.5. The van der Waals surface area contributed by atoms with E-state index in [1.807, 2.05) is 0 Å². The number of halogens is 1. The van der Waals surface area contributed by atoms with Crippen LogP contribution in [0.4, 0.5) is 11.4 Å². The maximum Gasteiger partial charge on any atom is 0.154 e. The molecule has 3 N–H and O–H groups in total. The molecule has 0 saturated carbocycles. The summed E-state index contributed by atoms with van der Waals surface area (Å²) in [5, 5.41) is 3.47. The Morgan fingerprint density at radius 1 is 1.41 bits per heavy atom. The number of hydrogen-bond acceptors (Lipinski definition) is 4. The largest absolute Gasteiger partial charge is 0.397 e. The van der Waals surface area contributed by atoms with Crippen LogP contribution >= 0.6 is 11.6 Å². The van der Waals surface area contributed by atoms with Crippen molar-refractivity contribution in [3.05, 3.63) is 23.2 Å². The van der Waals surface area contributed by atoms with Gasteiger partial charge in [0.25, 0.3) is 0 Å². The van der Waals surface area contributed by atoms with Crippen molar-refractivity contribution in [3.63, 3.8) is 0 Å². The number of nitrogen functional groups attached to an aromatic ring is 1. The molecule has 0 amide bonds. The average molecular weight is 277 g/mol. The van der Waals surface area contributed by atoms with Gasteiger partial charge in [0.05, 0.1) is 21.1 Å². The van der Waals surface area contributed by atoms with E-state index in [9.17, 15) is 8.42 Å². The van der Waals surface area contributed by atoms with E-state index in [1.54, 1.807) is 32.0 Å². The van der Waals surface area contributed by atoms with Crippen LogP contribution in [0.5, 0.6) is 0 Å². The van der Waals surface area contributed by atoms with Crippen LogP contribution < -0.4 is 11.1 Å². The SMILES string of the molecule is CC(C)(CNc1c(N)cccc1Cl)S(C)(=O)=O. The monoisotopic (exact) mass is 276 g/mol. The molecule has 17 heavy (non-hydrogen) atoms. The molecule has 0 aromatic heterocycles. The summed E-state index contributed by atoms with van der Waals surface area (Å²) >= 11 is 5.98. The Bertz CT molecular complexity index is 492. The fourth-order valence-corrected chi connectivity index (χ4v) is 1.74. The summed E-state index contributed by atoms with van der Waals surface area (Å²) in [5.74, 6) is 0. The van der Waals surface area contributed by atoms with Gasteiger partial charge in [-0.1, -0.05) is 17.7 Å². The molecule has 1 aromatic rings. The summed E-state index contributed by atoms with van der Waals surface area (Å²) in [6.45, 7) is 3.56. The molecule has 0 aliphatic rings. The number of benzene rings is 1. The standard InChI is InChI=1S/C11H17ClN2O2S/c1-11(2,17(3,15)16)7-14-10-8(12)5-4-6-9(10)13/h4-6,14H,7,13H2,1-3H3. The van der Waals surface area contributed by atoms with Crippen LogP contribution in [0.3, 0.4) is 0 Å². The third-order valence-corrected chi connectivity index (χ3v) is 5.21. The van der Waals surface area contributed by atoms with E-state index in [4.69, 9.17) is 17.3 Å². The van der Waals surface area contributed by atoms with Crippen molar-refractivity contribution in [2.75, 3.05) is 23.9 Å². The lowest BCUT2D eigenvalue weighted by atomic mass is 10.2. The van der Waals surface area contributed by atoms with Gasteiger partial charge in [-0.05, 0) is 26.0 Å². The average Bonchev–Trinajstić information content (AvgIpc) is 2.15. The number of hydrogen-bond donors (Lipinski definition) is 2. The first-order chi connectivity index (χ1) is 7.65. The highest BCUT2D eigenvalue weighted by Gasteiger charge is 2.30. The van der Waals surface area contributed by atoms with Gasteiger partial charge in [-0.25, -0.2) is 8.42 Å². The summed E-state index contributed by atoms with van der Waals surface area (Å²) in [4.78, 5) is 0. The Morgan fingerprint density at radius 2 is 2.00 bits per heavy atom. The van der Waals surface area contributed by atoms with E-state index < -0.39 is 14.6 Å². The highest BCUT2D eigenvalue weighted by Crippen LogP contribution is 2.29. The van der Waals surface area contributed by atoms with Crippen LogP contribution in [0, 0.1) is 0 Å². The molecular formula is C11H17ClN2O2S. The van der Waals surface area contributed by atoms with Crippen molar-refractivity contribution in [1.29, 1.82) is 0 Å². The fourth-order valence-electron chi connectivity index (χ4n) is 1.16. The Labute approximate surface area is 107 Å². The van der Waals surface area contributed by atoms with Crippen LogP contribution in [-0.2, 0) is 9.84 Å². The molecule has 1 rings (SSSR count). The molecule has 1 aromatic carbocycles. The third-order valence-electron chi connectivity index (χ3n) is 2.74. The van der Waals surface area contributed by atoms with Crippen LogP contribution in [0.2, 0.25) is 5.02 Å². The maximum atomic E-state index is 11.5. The molecule has 0 fully saturated rings. The summed E-state index contributed by atoms with van der Waals surface area (Å²) in [7, 11) is -3.14. The molecule has 0 atom stereocenters. The van der Waals surface area contributed by atoms with Crippen molar-refractivity contribution in [3.8, 4) is 0 Å². The smallest absolute Gasteiger partial charge is 0.154 e. The number of para-hydroxylation sites is 1. The van der Waals surface area contributed by atoms with Gasteiger partial charge in [0.15, 0.2) is 9.84 Å². The first-order valence-corrected chi connectivity index (χ1v) is 7.39. The minimum Gasteiger partial charge on any atom is -0.397 e. The van der Waals surface area contributed by atoms with Gasteiger partial charge in [0.2, 0.25) is 0 Å². The molecule has 0 bridgehead atoms. The molecule has 0 spiro atoms. The van der Waals surface area contributed by atoms with Crippen molar-refractivity contribution in [1.82, 2.24) is 0 Å². The van der Waals surface area contributed by atoms with Crippen molar-refractivity contribution >= 4 is 32.8 Å². The quantitative estimate of drug-likeness (QED) is 0.827. The first kappa shape index (κ1) is 14.1. The second kappa shape index (κ2) is 4.74. The van der Waals surface area contributed by atoms with Gasteiger partial charge in [-0.3, -0.25) is 0 Å². The second-order valence-electron chi connectivity index (χ2n) is 4.59. The Balaban J connectivity index is 2.89. The van der Waals surface area contributed by atoms with Crippen molar-refractivity contribution in [2.24, 2.45) is 0 Å². The first-order valence-electron chi connectivity index (χ1n) is 5.12. The summed E-state index contributed by atoms with van der Waals surface area (Å²) in [5.41, 5.74) is 6.84. The number of rotatable bonds is 4. The van der Waals surface area contributed by atoms with E-state index in [1.165, 1.54) is 6.26 Å². The van der Waals surface area contributed by atoms with Crippen LogP contribution in [-0.4, -0.2) is 26.0 Å². The Morgan fingerprint density at radius 3 is 2.47 bits per heavy atom. The lowest BCUT2D eigenvalue weighted by Gasteiger charge is -2.24. The molecule has 0 aliphatic heterocycles. The molecule has 0 heterocycles. The predicted octanol–water partition coefficient (Wildman–Crippen LogP) is 2.16. The minimum atomic E-state index is -3.14. The molecule has 6 heteroatoms. The molecule has 0 unspecified atom stereocenters. The zero-order valence-electron chi connectivity index (χ0n) is 10.1. The summed E-state index contributed by atoms with van der Waals surface area (Å²) in [6, 6.07) is 5.15. The highest BCUT2D eigenvalue weighted by atomic mass is 35.5. The van der Waals surface area contributed by atoms with Gasteiger partial charge in [-0.2, -0.15) is 0 Å². The van der Waals surface area contributed by atoms with Crippen LogP contribution in [0.25, 0.3) is 0 Å². The molecule has 0 saturated heterocycles. The number of anilines is 2. The Hall–Kier alpha value is -0.940.